The molecule has 4 rings (SSSR count). The second kappa shape index (κ2) is 10.7. The number of nitrogens with zero attached hydrogens (tertiary/aromatic N) is 3. The number of thioether (sulfide) groups is 1. The first kappa shape index (κ1) is 23.1. The lowest BCUT2D eigenvalue weighted by atomic mass is 10.2. The lowest BCUT2D eigenvalue weighted by Gasteiger charge is -2.11. The highest BCUT2D eigenvalue weighted by Gasteiger charge is 2.17. The van der Waals surface area contributed by atoms with E-state index in [4.69, 9.17) is 10.5 Å². The van der Waals surface area contributed by atoms with Crippen molar-refractivity contribution in [3.63, 3.8) is 0 Å². The fraction of sp³-hybridized carbons (Fsp3) is 0.120. The van der Waals surface area contributed by atoms with Crippen LogP contribution in [0.2, 0.25) is 0 Å². The van der Waals surface area contributed by atoms with Gasteiger partial charge in [0.2, 0.25) is 11.8 Å². The van der Waals surface area contributed by atoms with Gasteiger partial charge in [0.1, 0.15) is 5.75 Å². The number of rotatable bonds is 9. The standard InChI is InChI=1S/C25H23N5O3S/c1-2-33-21-14-12-20(13-15-21)30-24(18-6-4-3-5-7-18)28-29-25(30)34-16-22(31)27-19-10-8-17(9-11-19)23(26)32/h3-15H,2,16H2,1H3,(H2,26,32)(H,27,31). The third-order valence-corrected chi connectivity index (χ3v) is 5.79. The number of benzene rings is 3. The molecule has 0 aliphatic carbocycles. The molecule has 34 heavy (non-hydrogen) atoms. The number of primary amides is 1. The van der Waals surface area contributed by atoms with Gasteiger partial charge in [-0.05, 0) is 55.5 Å². The minimum absolute atomic E-state index is 0.127. The monoisotopic (exact) mass is 473 g/mol. The lowest BCUT2D eigenvalue weighted by Crippen LogP contribution is -2.15. The molecule has 0 unspecified atom stereocenters. The summed E-state index contributed by atoms with van der Waals surface area (Å²) < 4.78 is 7.48. The van der Waals surface area contributed by atoms with Crippen molar-refractivity contribution in [2.24, 2.45) is 5.73 Å². The molecule has 0 fully saturated rings. The number of nitrogens with two attached hydrogens (primary N) is 1. The van der Waals surface area contributed by atoms with Crippen molar-refractivity contribution in [1.82, 2.24) is 14.8 Å². The van der Waals surface area contributed by atoms with Gasteiger partial charge in [0.15, 0.2) is 11.0 Å². The number of carbonyl (C=O) groups excluding carboxylic acids is 2. The maximum Gasteiger partial charge on any atom is 0.248 e. The Morgan fingerprint density at radius 1 is 0.971 bits per heavy atom. The number of hydrogen-bond acceptors (Lipinski definition) is 6. The van der Waals surface area contributed by atoms with E-state index >= 15 is 0 Å². The molecule has 3 N–H and O–H groups in total. The molecule has 0 saturated heterocycles. The largest absolute Gasteiger partial charge is 0.494 e. The van der Waals surface area contributed by atoms with Gasteiger partial charge in [0.05, 0.1) is 12.4 Å². The van der Waals surface area contributed by atoms with Crippen LogP contribution in [0.25, 0.3) is 17.1 Å². The third kappa shape index (κ3) is 5.44. The first-order chi connectivity index (χ1) is 16.5. The molecule has 1 heterocycles. The summed E-state index contributed by atoms with van der Waals surface area (Å²) in [7, 11) is 0. The van der Waals surface area contributed by atoms with Crippen LogP contribution in [0.5, 0.6) is 5.75 Å². The van der Waals surface area contributed by atoms with Gasteiger partial charge in [-0.1, -0.05) is 42.1 Å². The third-order valence-electron chi connectivity index (χ3n) is 4.86. The summed E-state index contributed by atoms with van der Waals surface area (Å²) in [6.07, 6.45) is 0. The predicted octanol–water partition coefficient (Wildman–Crippen LogP) is 4.16. The summed E-state index contributed by atoms with van der Waals surface area (Å²) >= 11 is 1.28. The van der Waals surface area contributed by atoms with Crippen LogP contribution in [0.3, 0.4) is 0 Å². The minimum Gasteiger partial charge on any atom is -0.494 e. The van der Waals surface area contributed by atoms with Crippen LogP contribution in [-0.4, -0.2) is 38.9 Å². The second-order valence-electron chi connectivity index (χ2n) is 7.21. The molecule has 4 aromatic rings. The molecule has 1 aromatic heterocycles. The van der Waals surface area contributed by atoms with E-state index in [1.54, 1.807) is 24.3 Å². The Hall–Kier alpha value is -4.11. The van der Waals surface area contributed by atoms with Crippen LogP contribution in [0, 0.1) is 0 Å². The average molecular weight is 474 g/mol. The normalized spacial score (nSPS) is 10.6. The van der Waals surface area contributed by atoms with Crippen molar-refractivity contribution in [3.05, 3.63) is 84.4 Å². The van der Waals surface area contributed by atoms with E-state index in [0.29, 0.717) is 28.8 Å². The fourth-order valence-electron chi connectivity index (χ4n) is 3.27. The number of aromatic nitrogens is 3. The number of ether oxygens (including phenoxy) is 1. The quantitative estimate of drug-likeness (QED) is 0.353. The van der Waals surface area contributed by atoms with Gasteiger partial charge in [0, 0.05) is 22.5 Å². The Morgan fingerprint density at radius 2 is 1.68 bits per heavy atom. The Morgan fingerprint density at radius 3 is 2.32 bits per heavy atom. The lowest BCUT2D eigenvalue weighted by molar-refractivity contribution is -0.113. The Labute approximate surface area is 201 Å². The number of nitrogens with one attached hydrogen (secondary N) is 1. The highest BCUT2D eigenvalue weighted by molar-refractivity contribution is 7.99. The molecule has 3 aromatic carbocycles. The smallest absolute Gasteiger partial charge is 0.248 e. The highest BCUT2D eigenvalue weighted by Crippen LogP contribution is 2.29. The average Bonchev–Trinajstić information content (AvgIpc) is 3.28. The molecule has 2 amide bonds. The van der Waals surface area contributed by atoms with Crippen LogP contribution in [0.4, 0.5) is 5.69 Å². The Kier molecular flexibility index (Phi) is 7.24. The maximum absolute atomic E-state index is 12.5. The van der Waals surface area contributed by atoms with Crippen LogP contribution < -0.4 is 15.8 Å². The molecule has 0 spiro atoms. The van der Waals surface area contributed by atoms with Crippen molar-refractivity contribution < 1.29 is 14.3 Å². The SMILES string of the molecule is CCOc1ccc(-n2c(SCC(=O)Nc3ccc(C(N)=O)cc3)nnc2-c2ccccc2)cc1. The topological polar surface area (TPSA) is 112 Å². The zero-order chi connectivity index (χ0) is 23.9. The van der Waals surface area contributed by atoms with Gasteiger partial charge in [0.25, 0.3) is 0 Å². The molecule has 8 nitrogen and oxygen atoms in total. The molecule has 172 valence electrons. The first-order valence-corrected chi connectivity index (χ1v) is 11.6. The molecule has 0 bridgehead atoms. The summed E-state index contributed by atoms with van der Waals surface area (Å²) in [6.45, 7) is 2.52. The van der Waals surface area contributed by atoms with Gasteiger partial charge in [-0.25, -0.2) is 0 Å². The van der Waals surface area contributed by atoms with E-state index in [9.17, 15) is 9.59 Å². The van der Waals surface area contributed by atoms with Crippen molar-refractivity contribution in [2.45, 2.75) is 12.1 Å². The van der Waals surface area contributed by atoms with E-state index in [1.165, 1.54) is 11.8 Å². The molecule has 0 aliphatic rings. The van der Waals surface area contributed by atoms with Gasteiger partial charge in [-0.3, -0.25) is 14.2 Å². The zero-order valence-electron chi connectivity index (χ0n) is 18.5. The van der Waals surface area contributed by atoms with Crippen LogP contribution in [0.15, 0.2) is 84.0 Å². The summed E-state index contributed by atoms with van der Waals surface area (Å²) in [6, 6.07) is 23.8. The van der Waals surface area contributed by atoms with Crippen molar-refractivity contribution in [2.75, 3.05) is 17.7 Å². The summed E-state index contributed by atoms with van der Waals surface area (Å²) in [5, 5.41) is 12.1. The van der Waals surface area contributed by atoms with E-state index in [0.717, 1.165) is 17.0 Å². The second-order valence-corrected chi connectivity index (χ2v) is 8.16. The van der Waals surface area contributed by atoms with Crippen molar-refractivity contribution in [3.8, 4) is 22.8 Å². The Balaban J connectivity index is 1.54. The molecule has 0 aliphatic heterocycles. The van der Waals surface area contributed by atoms with E-state index in [2.05, 4.69) is 15.5 Å². The molecule has 0 radical (unpaired) electrons. The summed E-state index contributed by atoms with van der Waals surface area (Å²) in [5.74, 6) is 0.850. The zero-order valence-corrected chi connectivity index (χ0v) is 19.3. The van der Waals surface area contributed by atoms with Crippen molar-refractivity contribution >= 4 is 29.3 Å². The predicted molar refractivity (Wildman–Crippen MR) is 132 cm³/mol. The number of anilines is 1. The first-order valence-electron chi connectivity index (χ1n) is 10.6. The van der Waals surface area contributed by atoms with Crippen LogP contribution in [0.1, 0.15) is 17.3 Å². The summed E-state index contributed by atoms with van der Waals surface area (Å²) in [4.78, 5) is 23.8. The number of amides is 2. The van der Waals surface area contributed by atoms with Gasteiger partial charge in [-0.2, -0.15) is 0 Å². The number of hydrogen-bond donors (Lipinski definition) is 2. The molecular weight excluding hydrogens is 450 g/mol. The van der Waals surface area contributed by atoms with Crippen LogP contribution >= 0.6 is 11.8 Å². The minimum atomic E-state index is -0.517. The van der Waals surface area contributed by atoms with Gasteiger partial charge >= 0.3 is 0 Å². The summed E-state index contributed by atoms with van der Waals surface area (Å²) in [5.41, 5.74) is 7.98. The Bertz CT molecular complexity index is 1270. The number of carbonyl (C=O) groups is 2. The molecule has 0 saturated carbocycles. The maximum atomic E-state index is 12.5. The van der Waals surface area contributed by atoms with Crippen molar-refractivity contribution in [1.29, 1.82) is 0 Å². The van der Waals surface area contributed by atoms with E-state index < -0.39 is 5.91 Å². The molecular formula is C25H23N5O3S. The van der Waals surface area contributed by atoms with E-state index in [-0.39, 0.29) is 11.7 Å². The van der Waals surface area contributed by atoms with E-state index in [1.807, 2.05) is 66.1 Å². The van der Waals surface area contributed by atoms with Gasteiger partial charge in [-0.15, -0.1) is 10.2 Å². The van der Waals surface area contributed by atoms with Gasteiger partial charge < -0.3 is 15.8 Å². The fourth-order valence-corrected chi connectivity index (χ4v) is 4.03. The highest BCUT2D eigenvalue weighted by atomic mass is 32.2. The molecule has 0 atom stereocenters. The molecule has 9 heteroatoms. The van der Waals surface area contributed by atoms with Crippen LogP contribution in [-0.2, 0) is 4.79 Å².